The first-order valence-corrected chi connectivity index (χ1v) is 12.1. The van der Waals surface area contributed by atoms with Gasteiger partial charge in [0, 0.05) is 17.1 Å². The molecular formula is C22H23N5O2S2. The van der Waals surface area contributed by atoms with Gasteiger partial charge in [0.15, 0.2) is 11.5 Å². The van der Waals surface area contributed by atoms with Crippen LogP contribution in [0.2, 0.25) is 0 Å². The molecule has 1 amide bonds. The number of benzene rings is 1. The number of nitrogens with zero attached hydrogens (tertiary/aromatic N) is 4. The van der Waals surface area contributed by atoms with Crippen molar-refractivity contribution in [2.24, 2.45) is 0 Å². The topological polar surface area (TPSA) is 81.4 Å². The number of fused-ring (bicyclic) bond motifs is 1. The van der Waals surface area contributed by atoms with Crippen molar-refractivity contribution < 1.29 is 9.53 Å². The van der Waals surface area contributed by atoms with E-state index in [1.54, 1.807) is 18.9 Å². The number of thiazole rings is 1. The molecule has 4 rings (SSSR count). The van der Waals surface area contributed by atoms with Gasteiger partial charge in [-0.05, 0) is 42.7 Å². The molecule has 0 aliphatic heterocycles. The van der Waals surface area contributed by atoms with Crippen LogP contribution in [-0.2, 0) is 11.2 Å². The van der Waals surface area contributed by atoms with Crippen LogP contribution in [0.25, 0.3) is 16.2 Å². The fourth-order valence-electron chi connectivity index (χ4n) is 3.29. The van der Waals surface area contributed by atoms with E-state index in [-0.39, 0.29) is 18.4 Å². The Labute approximate surface area is 188 Å². The lowest BCUT2D eigenvalue weighted by molar-refractivity contribution is -0.121. The molecule has 0 spiro atoms. The molecule has 1 atom stereocenters. The summed E-state index contributed by atoms with van der Waals surface area (Å²) in [6.45, 7) is 0. The van der Waals surface area contributed by atoms with E-state index in [4.69, 9.17) is 4.74 Å². The molecule has 0 radical (unpaired) electrons. The SMILES string of the molecule is COc1cccc(-c2nc(CC(=O)N[C@H](CCSC)c3nnc4ccccn34)cs2)c1. The third kappa shape index (κ3) is 5.05. The van der Waals surface area contributed by atoms with Crippen LogP contribution < -0.4 is 10.1 Å². The summed E-state index contributed by atoms with van der Waals surface area (Å²) in [7, 11) is 1.64. The molecule has 4 aromatic rings. The van der Waals surface area contributed by atoms with Crippen LogP contribution in [0.15, 0.2) is 54.0 Å². The van der Waals surface area contributed by atoms with Gasteiger partial charge < -0.3 is 10.1 Å². The molecule has 0 saturated carbocycles. The monoisotopic (exact) mass is 453 g/mol. The van der Waals surface area contributed by atoms with Crippen LogP contribution in [0.3, 0.4) is 0 Å². The van der Waals surface area contributed by atoms with Gasteiger partial charge in [-0.1, -0.05) is 18.2 Å². The van der Waals surface area contributed by atoms with E-state index < -0.39 is 0 Å². The highest BCUT2D eigenvalue weighted by molar-refractivity contribution is 7.98. The number of ether oxygens (including phenoxy) is 1. The minimum atomic E-state index is -0.214. The number of carbonyl (C=O) groups excluding carboxylic acids is 1. The molecule has 3 aromatic heterocycles. The standard InChI is InChI=1S/C22H23N5O2S2/c1-29-17-7-5-6-15(12-17)22-23-16(14-31-22)13-20(28)24-18(9-11-30-2)21-26-25-19-8-3-4-10-27(19)21/h3-8,10,12,14,18H,9,11,13H2,1-2H3,(H,24,28)/t18-/m1/s1. The Balaban J connectivity index is 1.47. The second-order valence-electron chi connectivity index (χ2n) is 6.94. The predicted molar refractivity (Wildman–Crippen MR) is 125 cm³/mol. The largest absolute Gasteiger partial charge is 0.497 e. The van der Waals surface area contributed by atoms with Crippen molar-refractivity contribution in [3.63, 3.8) is 0 Å². The van der Waals surface area contributed by atoms with Crippen molar-refractivity contribution in [2.45, 2.75) is 18.9 Å². The van der Waals surface area contributed by atoms with E-state index in [2.05, 4.69) is 26.8 Å². The summed E-state index contributed by atoms with van der Waals surface area (Å²) in [4.78, 5) is 17.5. The van der Waals surface area contributed by atoms with Gasteiger partial charge in [-0.2, -0.15) is 11.8 Å². The zero-order valence-electron chi connectivity index (χ0n) is 17.3. The fourth-order valence-corrected chi connectivity index (χ4v) is 4.57. The Morgan fingerprint density at radius 2 is 2.16 bits per heavy atom. The number of pyridine rings is 1. The minimum Gasteiger partial charge on any atom is -0.497 e. The van der Waals surface area contributed by atoms with Crippen LogP contribution in [0.1, 0.15) is 24.0 Å². The fraction of sp³-hybridized carbons (Fsp3) is 0.273. The maximum absolute atomic E-state index is 12.8. The lowest BCUT2D eigenvalue weighted by atomic mass is 10.2. The maximum atomic E-state index is 12.8. The van der Waals surface area contributed by atoms with Gasteiger partial charge >= 0.3 is 0 Å². The Morgan fingerprint density at radius 3 is 3.00 bits per heavy atom. The van der Waals surface area contributed by atoms with Crippen molar-refractivity contribution in [3.05, 3.63) is 65.6 Å². The number of rotatable bonds is 9. The Morgan fingerprint density at radius 1 is 1.26 bits per heavy atom. The number of hydrogen-bond donors (Lipinski definition) is 1. The summed E-state index contributed by atoms with van der Waals surface area (Å²) < 4.78 is 7.21. The van der Waals surface area contributed by atoms with E-state index in [0.29, 0.717) is 0 Å². The molecule has 160 valence electrons. The molecule has 31 heavy (non-hydrogen) atoms. The lowest BCUT2D eigenvalue weighted by Gasteiger charge is -2.16. The van der Waals surface area contributed by atoms with E-state index >= 15 is 0 Å². The number of amides is 1. The van der Waals surface area contributed by atoms with Gasteiger partial charge in [-0.25, -0.2) is 4.98 Å². The molecule has 0 bridgehead atoms. The minimum absolute atomic E-state index is 0.0822. The van der Waals surface area contributed by atoms with E-state index in [0.717, 1.165) is 45.7 Å². The molecule has 9 heteroatoms. The van der Waals surface area contributed by atoms with E-state index in [1.807, 2.05) is 58.4 Å². The van der Waals surface area contributed by atoms with Gasteiger partial charge in [-0.3, -0.25) is 9.20 Å². The first-order valence-electron chi connectivity index (χ1n) is 9.84. The third-order valence-corrected chi connectivity index (χ3v) is 6.39. The Hall–Kier alpha value is -2.91. The number of thioether (sulfide) groups is 1. The van der Waals surface area contributed by atoms with E-state index in [9.17, 15) is 4.79 Å². The number of nitrogens with one attached hydrogen (secondary N) is 1. The Bertz CT molecular complexity index is 1170. The van der Waals surface area contributed by atoms with Crippen molar-refractivity contribution in [1.29, 1.82) is 0 Å². The van der Waals surface area contributed by atoms with Crippen LogP contribution in [0.5, 0.6) is 5.75 Å². The van der Waals surface area contributed by atoms with Gasteiger partial charge in [0.25, 0.3) is 0 Å². The van der Waals surface area contributed by atoms with Gasteiger partial charge in [0.05, 0.1) is 25.3 Å². The number of aromatic nitrogens is 4. The average molecular weight is 454 g/mol. The van der Waals surface area contributed by atoms with Crippen LogP contribution in [0, 0.1) is 0 Å². The number of carbonyl (C=O) groups is 1. The smallest absolute Gasteiger partial charge is 0.226 e. The Kier molecular flexibility index (Phi) is 6.83. The van der Waals surface area contributed by atoms with Gasteiger partial charge in [0.1, 0.15) is 10.8 Å². The molecular weight excluding hydrogens is 430 g/mol. The third-order valence-electron chi connectivity index (χ3n) is 4.81. The summed E-state index contributed by atoms with van der Waals surface area (Å²) >= 11 is 3.26. The summed E-state index contributed by atoms with van der Waals surface area (Å²) in [6.07, 6.45) is 4.96. The first kappa shape index (κ1) is 21.3. The summed E-state index contributed by atoms with van der Waals surface area (Å²) in [6, 6.07) is 13.3. The molecule has 0 fully saturated rings. The highest BCUT2D eigenvalue weighted by Crippen LogP contribution is 2.27. The van der Waals surface area contributed by atoms with Crippen LogP contribution >= 0.6 is 23.1 Å². The second-order valence-corrected chi connectivity index (χ2v) is 8.79. The van der Waals surface area contributed by atoms with E-state index in [1.165, 1.54) is 11.3 Å². The second kappa shape index (κ2) is 9.93. The molecule has 0 aliphatic carbocycles. The molecule has 1 aromatic carbocycles. The maximum Gasteiger partial charge on any atom is 0.226 e. The molecule has 0 aliphatic rings. The highest BCUT2D eigenvalue weighted by Gasteiger charge is 2.21. The van der Waals surface area contributed by atoms with Gasteiger partial charge in [-0.15, -0.1) is 21.5 Å². The summed E-state index contributed by atoms with van der Waals surface area (Å²) in [5, 5.41) is 14.5. The molecule has 7 nitrogen and oxygen atoms in total. The number of hydrogen-bond acceptors (Lipinski definition) is 7. The van der Waals surface area contributed by atoms with Crippen molar-refractivity contribution in [2.75, 3.05) is 19.1 Å². The molecule has 0 saturated heterocycles. The van der Waals surface area contributed by atoms with Crippen molar-refractivity contribution in [1.82, 2.24) is 24.9 Å². The van der Waals surface area contributed by atoms with Crippen LogP contribution in [-0.4, -0.2) is 44.6 Å². The quantitative estimate of drug-likeness (QED) is 0.412. The summed E-state index contributed by atoms with van der Waals surface area (Å²) in [5.74, 6) is 2.35. The zero-order chi connectivity index (χ0) is 21.6. The number of methoxy groups -OCH3 is 1. The van der Waals surface area contributed by atoms with Crippen LogP contribution in [0.4, 0.5) is 0 Å². The normalized spacial score (nSPS) is 12.1. The zero-order valence-corrected chi connectivity index (χ0v) is 18.9. The predicted octanol–water partition coefficient (Wildman–Crippen LogP) is 4.01. The van der Waals surface area contributed by atoms with Gasteiger partial charge in [0.2, 0.25) is 5.91 Å². The first-order chi connectivity index (χ1) is 15.2. The molecule has 3 heterocycles. The summed E-state index contributed by atoms with van der Waals surface area (Å²) in [5.41, 5.74) is 2.49. The average Bonchev–Trinajstić information content (AvgIpc) is 3.44. The molecule has 1 N–H and O–H groups in total. The highest BCUT2D eigenvalue weighted by atomic mass is 32.2. The molecule has 0 unspecified atom stereocenters. The lowest BCUT2D eigenvalue weighted by Crippen LogP contribution is -2.31. The van der Waals surface area contributed by atoms with Crippen molar-refractivity contribution in [3.8, 4) is 16.3 Å². The van der Waals surface area contributed by atoms with Crippen molar-refractivity contribution >= 4 is 34.7 Å².